The van der Waals surface area contributed by atoms with Gasteiger partial charge in [-0.15, -0.1) is 0 Å². The summed E-state index contributed by atoms with van der Waals surface area (Å²) in [7, 11) is 0. The third kappa shape index (κ3) is 2.28. The third-order valence-corrected chi connectivity index (χ3v) is 3.38. The fourth-order valence-corrected chi connectivity index (χ4v) is 2.35. The van der Waals surface area contributed by atoms with E-state index < -0.39 is 5.97 Å². The second kappa shape index (κ2) is 5.48. The quantitative estimate of drug-likeness (QED) is 0.751. The summed E-state index contributed by atoms with van der Waals surface area (Å²) in [6.07, 6.45) is 0. The number of esters is 1. The van der Waals surface area contributed by atoms with Crippen LogP contribution in [0.1, 0.15) is 23.0 Å². The van der Waals surface area contributed by atoms with Crippen LogP contribution in [0.3, 0.4) is 0 Å². The van der Waals surface area contributed by atoms with Gasteiger partial charge in [-0.25, -0.2) is 9.78 Å². The first-order chi connectivity index (χ1) is 10.6. The summed E-state index contributed by atoms with van der Waals surface area (Å²) in [4.78, 5) is 16.5. The van der Waals surface area contributed by atoms with Gasteiger partial charge >= 0.3 is 5.97 Å². The molecule has 22 heavy (non-hydrogen) atoms. The van der Waals surface area contributed by atoms with Gasteiger partial charge in [0.1, 0.15) is 11.4 Å². The molecule has 6 heteroatoms. The molecule has 0 aliphatic heterocycles. The van der Waals surface area contributed by atoms with Gasteiger partial charge in [-0.2, -0.15) is 9.78 Å². The van der Waals surface area contributed by atoms with Crippen LogP contribution in [0, 0.1) is 6.92 Å². The largest absolute Gasteiger partial charge is 0.462 e. The van der Waals surface area contributed by atoms with Crippen molar-refractivity contribution in [3.05, 3.63) is 47.7 Å². The van der Waals surface area contributed by atoms with Crippen LogP contribution >= 0.6 is 0 Å². The van der Waals surface area contributed by atoms with Crippen LogP contribution in [0.15, 0.2) is 36.4 Å². The van der Waals surface area contributed by atoms with Gasteiger partial charge in [0.25, 0.3) is 0 Å². The Bertz CT molecular complexity index is 854. The van der Waals surface area contributed by atoms with Crippen molar-refractivity contribution in [2.45, 2.75) is 13.8 Å². The Labute approximate surface area is 127 Å². The van der Waals surface area contributed by atoms with Crippen LogP contribution in [0.25, 0.3) is 16.7 Å². The smallest absolute Gasteiger partial charge is 0.343 e. The fraction of sp³-hybridized carbons (Fsp3) is 0.188. The first kappa shape index (κ1) is 14.1. The van der Waals surface area contributed by atoms with Gasteiger partial charge in [-0.1, -0.05) is 18.2 Å². The van der Waals surface area contributed by atoms with Crippen molar-refractivity contribution in [1.29, 1.82) is 0 Å². The maximum Gasteiger partial charge on any atom is 0.343 e. The Kier molecular flexibility index (Phi) is 3.50. The molecule has 0 radical (unpaired) electrons. The van der Waals surface area contributed by atoms with Crippen LogP contribution in [0.2, 0.25) is 0 Å². The molecule has 6 nitrogen and oxygen atoms in total. The standard InChI is InChI=1S/C16H16N4O2/c1-3-22-16(21)14-10(2)19-20(15(14)17)13-9-8-11-6-4-5-7-12(11)18-13/h4-9H,3,17H2,1-2H3. The monoisotopic (exact) mass is 296 g/mol. The number of nitrogen functional groups attached to an aromatic ring is 1. The molecule has 2 N–H and O–H groups in total. The molecule has 0 fully saturated rings. The van der Waals surface area contributed by atoms with Crippen LogP contribution in [-0.2, 0) is 4.74 Å². The molecule has 0 saturated heterocycles. The van der Waals surface area contributed by atoms with Gasteiger partial charge in [0.05, 0.1) is 17.8 Å². The Morgan fingerprint density at radius 3 is 2.82 bits per heavy atom. The topological polar surface area (TPSA) is 83.0 Å². The highest BCUT2D eigenvalue weighted by Crippen LogP contribution is 2.22. The lowest BCUT2D eigenvalue weighted by atomic mass is 10.2. The minimum Gasteiger partial charge on any atom is -0.462 e. The Morgan fingerprint density at radius 2 is 2.05 bits per heavy atom. The Hall–Kier alpha value is -2.89. The van der Waals surface area contributed by atoms with Gasteiger partial charge in [0.2, 0.25) is 0 Å². The maximum absolute atomic E-state index is 12.0. The second-order valence-corrected chi connectivity index (χ2v) is 4.84. The van der Waals surface area contributed by atoms with Crippen molar-refractivity contribution < 1.29 is 9.53 Å². The number of nitrogens with zero attached hydrogens (tertiary/aromatic N) is 3. The number of carbonyl (C=O) groups excluding carboxylic acids is 1. The number of pyridine rings is 1. The zero-order valence-electron chi connectivity index (χ0n) is 12.4. The lowest BCUT2D eigenvalue weighted by molar-refractivity contribution is 0.0527. The molecule has 0 spiro atoms. The number of aromatic nitrogens is 3. The zero-order chi connectivity index (χ0) is 15.7. The molecule has 1 aromatic carbocycles. The summed E-state index contributed by atoms with van der Waals surface area (Å²) in [5.74, 6) is 0.332. The highest BCUT2D eigenvalue weighted by Gasteiger charge is 2.21. The summed E-state index contributed by atoms with van der Waals surface area (Å²) < 4.78 is 6.48. The van der Waals surface area contributed by atoms with E-state index in [2.05, 4.69) is 10.1 Å². The highest BCUT2D eigenvalue weighted by molar-refractivity contribution is 5.95. The minimum absolute atomic E-state index is 0.235. The van der Waals surface area contributed by atoms with E-state index in [9.17, 15) is 4.79 Å². The lowest BCUT2D eigenvalue weighted by Crippen LogP contribution is -2.10. The SMILES string of the molecule is CCOC(=O)c1c(C)nn(-c2ccc3ccccc3n2)c1N. The fourth-order valence-electron chi connectivity index (χ4n) is 2.35. The van der Waals surface area contributed by atoms with E-state index in [-0.39, 0.29) is 18.0 Å². The van der Waals surface area contributed by atoms with Gasteiger partial charge in [-0.05, 0) is 32.0 Å². The van der Waals surface area contributed by atoms with Crippen LogP contribution in [0.4, 0.5) is 5.82 Å². The van der Waals surface area contributed by atoms with Gasteiger partial charge in [0.15, 0.2) is 5.82 Å². The van der Waals surface area contributed by atoms with Crippen LogP contribution < -0.4 is 5.73 Å². The van der Waals surface area contributed by atoms with E-state index in [1.165, 1.54) is 4.68 Å². The molecule has 2 heterocycles. The van der Waals surface area contributed by atoms with Crippen LogP contribution in [-0.4, -0.2) is 27.3 Å². The highest BCUT2D eigenvalue weighted by atomic mass is 16.5. The Morgan fingerprint density at radius 1 is 1.27 bits per heavy atom. The number of hydrogen-bond donors (Lipinski definition) is 1. The molecule has 112 valence electrons. The number of ether oxygens (including phenoxy) is 1. The van der Waals surface area contributed by atoms with Crippen molar-refractivity contribution in [1.82, 2.24) is 14.8 Å². The molecule has 3 aromatic rings. The molecule has 0 aliphatic carbocycles. The minimum atomic E-state index is -0.468. The van der Waals surface area contributed by atoms with Crippen molar-refractivity contribution in [3.63, 3.8) is 0 Å². The number of carbonyl (C=O) groups is 1. The van der Waals surface area contributed by atoms with E-state index in [4.69, 9.17) is 10.5 Å². The molecule has 0 atom stereocenters. The van der Waals surface area contributed by atoms with E-state index in [0.29, 0.717) is 11.5 Å². The van der Waals surface area contributed by atoms with Crippen molar-refractivity contribution in [2.75, 3.05) is 12.3 Å². The zero-order valence-corrected chi connectivity index (χ0v) is 12.4. The first-order valence-electron chi connectivity index (χ1n) is 7.00. The molecular formula is C16H16N4O2. The predicted octanol–water partition coefficient (Wildman–Crippen LogP) is 2.49. The molecule has 3 rings (SSSR count). The summed E-state index contributed by atoms with van der Waals surface area (Å²) in [5, 5.41) is 5.35. The van der Waals surface area contributed by atoms with E-state index in [0.717, 1.165) is 10.9 Å². The summed E-state index contributed by atoms with van der Waals surface area (Å²) >= 11 is 0. The van der Waals surface area contributed by atoms with Crippen molar-refractivity contribution >= 4 is 22.7 Å². The van der Waals surface area contributed by atoms with E-state index in [1.807, 2.05) is 36.4 Å². The van der Waals surface area contributed by atoms with Gasteiger partial charge in [0, 0.05) is 5.39 Å². The van der Waals surface area contributed by atoms with E-state index >= 15 is 0 Å². The predicted molar refractivity (Wildman–Crippen MR) is 84.0 cm³/mol. The molecule has 0 bridgehead atoms. The maximum atomic E-state index is 12.0. The molecular weight excluding hydrogens is 280 g/mol. The number of nitrogens with two attached hydrogens (primary N) is 1. The normalized spacial score (nSPS) is 10.8. The third-order valence-electron chi connectivity index (χ3n) is 3.38. The number of hydrogen-bond acceptors (Lipinski definition) is 5. The number of aryl methyl sites for hydroxylation is 1. The number of anilines is 1. The van der Waals surface area contributed by atoms with Crippen molar-refractivity contribution in [3.8, 4) is 5.82 Å². The van der Waals surface area contributed by atoms with Gasteiger partial charge < -0.3 is 10.5 Å². The Balaban J connectivity index is 2.11. The average Bonchev–Trinajstić information content (AvgIpc) is 2.82. The number of fused-ring (bicyclic) bond motifs is 1. The van der Waals surface area contributed by atoms with Crippen LogP contribution in [0.5, 0.6) is 0 Å². The summed E-state index contributed by atoms with van der Waals surface area (Å²) in [6, 6.07) is 11.5. The molecule has 0 aliphatic rings. The van der Waals surface area contributed by atoms with Gasteiger partial charge in [-0.3, -0.25) is 0 Å². The molecule has 0 unspecified atom stereocenters. The van der Waals surface area contributed by atoms with Crippen molar-refractivity contribution in [2.24, 2.45) is 0 Å². The van der Waals surface area contributed by atoms with E-state index in [1.54, 1.807) is 13.8 Å². The second-order valence-electron chi connectivity index (χ2n) is 4.84. The molecule has 0 saturated carbocycles. The number of benzene rings is 1. The molecule has 2 aromatic heterocycles. The molecule has 0 amide bonds. The average molecular weight is 296 g/mol. The number of rotatable bonds is 3. The number of para-hydroxylation sites is 1. The lowest BCUT2D eigenvalue weighted by Gasteiger charge is -2.05. The first-order valence-corrected chi connectivity index (χ1v) is 7.00. The summed E-state index contributed by atoms with van der Waals surface area (Å²) in [5.41, 5.74) is 7.72. The summed E-state index contributed by atoms with van der Waals surface area (Å²) in [6.45, 7) is 3.76.